The van der Waals surface area contributed by atoms with Crippen molar-refractivity contribution < 1.29 is 19.1 Å². The molecule has 0 saturated heterocycles. The van der Waals surface area contributed by atoms with Crippen molar-refractivity contribution in [3.8, 4) is 11.5 Å². The molecule has 0 aromatic heterocycles. The molecule has 0 aliphatic carbocycles. The molecule has 0 radical (unpaired) electrons. The number of nitrogens with zero attached hydrogens (tertiary/aromatic N) is 2. The highest BCUT2D eigenvalue weighted by molar-refractivity contribution is 6.07. The first-order chi connectivity index (χ1) is 11.6. The van der Waals surface area contributed by atoms with Crippen LogP contribution in [0.3, 0.4) is 0 Å². The maximum Gasteiger partial charge on any atom is 0.248 e. The van der Waals surface area contributed by atoms with Crippen LogP contribution in [0.5, 0.6) is 11.5 Å². The van der Waals surface area contributed by atoms with Crippen molar-refractivity contribution in [2.75, 3.05) is 14.2 Å². The first kappa shape index (κ1) is 17.5. The maximum atomic E-state index is 11.8. The Morgan fingerprint density at radius 1 is 1.42 bits per heavy atom. The Labute approximate surface area is 139 Å². The topological polar surface area (TPSA) is 101 Å². The third kappa shape index (κ3) is 4.09. The lowest BCUT2D eigenvalue weighted by Crippen LogP contribution is -2.25. The van der Waals surface area contributed by atoms with Crippen molar-refractivity contribution in [3.63, 3.8) is 0 Å². The summed E-state index contributed by atoms with van der Waals surface area (Å²) in [5.41, 5.74) is 6.20. The van der Waals surface area contributed by atoms with Gasteiger partial charge >= 0.3 is 0 Å². The van der Waals surface area contributed by atoms with E-state index >= 15 is 0 Å². The van der Waals surface area contributed by atoms with Crippen LogP contribution < -0.4 is 20.3 Å². The van der Waals surface area contributed by atoms with E-state index in [0.29, 0.717) is 29.2 Å². The molecule has 8 heteroatoms. The van der Waals surface area contributed by atoms with Gasteiger partial charge < -0.3 is 9.47 Å². The normalized spacial score (nSPS) is 16.7. The number of nitrogens with one attached hydrogen (secondary N) is 2. The van der Waals surface area contributed by atoms with Crippen LogP contribution in [0.4, 0.5) is 0 Å². The largest absolute Gasteiger partial charge is 0.493 e. The monoisotopic (exact) mass is 332 g/mol. The Morgan fingerprint density at radius 2 is 2.21 bits per heavy atom. The molecule has 0 spiro atoms. The van der Waals surface area contributed by atoms with Crippen LogP contribution in [0, 0.1) is 5.92 Å². The van der Waals surface area contributed by atoms with Gasteiger partial charge in [0.1, 0.15) is 0 Å². The van der Waals surface area contributed by atoms with Gasteiger partial charge in [0.05, 0.1) is 26.4 Å². The molecule has 24 heavy (non-hydrogen) atoms. The second-order valence-corrected chi connectivity index (χ2v) is 5.20. The minimum Gasteiger partial charge on any atom is -0.493 e. The highest BCUT2D eigenvalue weighted by atomic mass is 16.5. The fourth-order valence-corrected chi connectivity index (χ4v) is 2.35. The van der Waals surface area contributed by atoms with Gasteiger partial charge in [-0.1, -0.05) is 6.07 Å². The standard InChI is InChI=1S/C16H20N4O4/c1-10-12(16(22)20-18-10)7-8-14(21)19-17-9-11-5-4-6-13(23-2)15(11)24-3/h4-6,9,12H,7-8H2,1-3H3,(H,19,21)(H,20,22). The van der Waals surface area contributed by atoms with E-state index in [1.165, 1.54) is 13.3 Å². The van der Waals surface area contributed by atoms with Crippen LogP contribution in [0.1, 0.15) is 25.3 Å². The predicted molar refractivity (Wildman–Crippen MR) is 89.3 cm³/mol. The fraction of sp³-hybridized carbons (Fsp3) is 0.375. The zero-order chi connectivity index (χ0) is 17.5. The van der Waals surface area contributed by atoms with Gasteiger partial charge in [-0.2, -0.15) is 10.2 Å². The average molecular weight is 332 g/mol. The van der Waals surface area contributed by atoms with Gasteiger partial charge in [-0.3, -0.25) is 9.59 Å². The number of para-hydroxylation sites is 1. The number of rotatable bonds is 7. The molecule has 0 saturated carbocycles. The highest BCUT2D eigenvalue weighted by Crippen LogP contribution is 2.29. The summed E-state index contributed by atoms with van der Waals surface area (Å²) in [6.07, 6.45) is 2.05. The minimum absolute atomic E-state index is 0.176. The van der Waals surface area contributed by atoms with Gasteiger partial charge in [0, 0.05) is 17.7 Å². The number of carbonyl (C=O) groups is 2. The van der Waals surface area contributed by atoms with E-state index in [1.807, 2.05) is 0 Å². The van der Waals surface area contributed by atoms with Crippen LogP contribution in [-0.2, 0) is 9.59 Å². The Kier molecular flexibility index (Phi) is 5.89. The van der Waals surface area contributed by atoms with Gasteiger partial charge in [0.15, 0.2) is 11.5 Å². The zero-order valence-corrected chi connectivity index (χ0v) is 13.8. The van der Waals surface area contributed by atoms with Gasteiger partial charge in [-0.15, -0.1) is 0 Å². The molecule has 0 fully saturated rings. The Bertz CT molecular complexity index is 685. The molecule has 2 rings (SSSR count). The number of methoxy groups -OCH3 is 2. The number of benzene rings is 1. The molecule has 8 nitrogen and oxygen atoms in total. The van der Waals surface area contributed by atoms with E-state index in [-0.39, 0.29) is 24.2 Å². The summed E-state index contributed by atoms with van der Waals surface area (Å²) >= 11 is 0. The molecule has 1 aromatic rings. The summed E-state index contributed by atoms with van der Waals surface area (Å²) in [7, 11) is 3.08. The lowest BCUT2D eigenvalue weighted by molar-refractivity contribution is -0.123. The Hall–Kier alpha value is -2.90. The number of amides is 2. The molecular formula is C16H20N4O4. The molecule has 1 unspecified atom stereocenters. The van der Waals surface area contributed by atoms with Gasteiger partial charge in [-0.25, -0.2) is 10.9 Å². The Morgan fingerprint density at radius 3 is 2.83 bits per heavy atom. The number of hydrazone groups is 2. The van der Waals surface area contributed by atoms with Crippen molar-refractivity contribution in [1.82, 2.24) is 10.9 Å². The third-order valence-electron chi connectivity index (χ3n) is 3.65. The quantitative estimate of drug-likeness (QED) is 0.576. The summed E-state index contributed by atoms with van der Waals surface area (Å²) in [5.74, 6) is 0.311. The molecule has 1 aliphatic heterocycles. The summed E-state index contributed by atoms with van der Waals surface area (Å²) in [6, 6.07) is 5.36. The number of hydrogen-bond acceptors (Lipinski definition) is 6. The second-order valence-electron chi connectivity index (χ2n) is 5.20. The fourth-order valence-electron chi connectivity index (χ4n) is 2.35. The van der Waals surface area contributed by atoms with E-state index in [0.717, 1.165) is 0 Å². The summed E-state index contributed by atoms with van der Waals surface area (Å²) in [4.78, 5) is 23.3. The van der Waals surface area contributed by atoms with Crippen LogP contribution >= 0.6 is 0 Å². The van der Waals surface area contributed by atoms with Gasteiger partial charge in [0.25, 0.3) is 0 Å². The van der Waals surface area contributed by atoms with E-state index in [9.17, 15) is 9.59 Å². The predicted octanol–water partition coefficient (Wildman–Crippen LogP) is 1.06. The molecule has 1 heterocycles. The van der Waals surface area contributed by atoms with Crippen molar-refractivity contribution in [2.24, 2.45) is 16.1 Å². The molecule has 2 N–H and O–H groups in total. The van der Waals surface area contributed by atoms with Crippen molar-refractivity contribution in [2.45, 2.75) is 19.8 Å². The summed E-state index contributed by atoms with van der Waals surface area (Å²) < 4.78 is 10.5. The second kappa shape index (κ2) is 8.09. The van der Waals surface area contributed by atoms with Crippen LogP contribution in [0.15, 0.2) is 28.4 Å². The summed E-state index contributed by atoms with van der Waals surface area (Å²) in [6.45, 7) is 1.76. The highest BCUT2D eigenvalue weighted by Gasteiger charge is 2.26. The van der Waals surface area contributed by atoms with E-state index in [2.05, 4.69) is 21.1 Å². The molecular weight excluding hydrogens is 312 g/mol. The average Bonchev–Trinajstić information content (AvgIpc) is 2.90. The smallest absolute Gasteiger partial charge is 0.248 e. The van der Waals surface area contributed by atoms with E-state index in [4.69, 9.17) is 9.47 Å². The van der Waals surface area contributed by atoms with Crippen molar-refractivity contribution in [3.05, 3.63) is 23.8 Å². The van der Waals surface area contributed by atoms with E-state index in [1.54, 1.807) is 32.2 Å². The maximum absolute atomic E-state index is 11.8. The zero-order valence-electron chi connectivity index (χ0n) is 13.8. The van der Waals surface area contributed by atoms with Crippen LogP contribution in [0.25, 0.3) is 0 Å². The van der Waals surface area contributed by atoms with Crippen molar-refractivity contribution in [1.29, 1.82) is 0 Å². The third-order valence-corrected chi connectivity index (χ3v) is 3.65. The van der Waals surface area contributed by atoms with E-state index < -0.39 is 0 Å². The lowest BCUT2D eigenvalue weighted by Gasteiger charge is -2.09. The molecule has 2 amide bonds. The summed E-state index contributed by atoms with van der Waals surface area (Å²) in [5, 5.41) is 7.76. The number of hydrogen-bond donors (Lipinski definition) is 2. The van der Waals surface area contributed by atoms with Crippen molar-refractivity contribution >= 4 is 23.7 Å². The number of carbonyl (C=O) groups excluding carboxylic acids is 2. The lowest BCUT2D eigenvalue weighted by atomic mass is 9.99. The van der Waals surface area contributed by atoms with Crippen LogP contribution in [-0.4, -0.2) is 38.0 Å². The molecule has 128 valence electrons. The molecule has 1 aromatic carbocycles. The SMILES string of the molecule is COc1cccc(C=NNC(=O)CCC2C(=O)NN=C2C)c1OC. The first-order valence-corrected chi connectivity index (χ1v) is 7.43. The number of ether oxygens (including phenoxy) is 2. The molecule has 1 atom stereocenters. The minimum atomic E-state index is -0.349. The van der Waals surface area contributed by atoms with Crippen LogP contribution in [0.2, 0.25) is 0 Å². The molecule has 0 bridgehead atoms. The first-order valence-electron chi connectivity index (χ1n) is 7.43. The van der Waals surface area contributed by atoms with Gasteiger partial charge in [-0.05, 0) is 25.5 Å². The molecule has 1 aliphatic rings. The van der Waals surface area contributed by atoms with Gasteiger partial charge in [0.2, 0.25) is 11.8 Å². The Balaban J connectivity index is 1.89.